The van der Waals surface area contributed by atoms with Crippen LogP contribution in [0.4, 0.5) is 0 Å². The molecule has 4 nitrogen and oxygen atoms in total. The number of hydrogen-bond acceptors (Lipinski definition) is 4. The standard InChI is InChI=1S/C21H42N4/c1-16-11-22(12-17(2)24(16)20(3,4)5)15-23-13-18-9-10-19(14-23)25(18)21(6,7)8/h16-19H,9-15H2,1-8H3. The predicted molar refractivity (Wildman–Crippen MR) is 107 cm³/mol. The molecule has 0 radical (unpaired) electrons. The number of piperazine rings is 2. The van der Waals surface area contributed by atoms with Gasteiger partial charge in [-0.25, -0.2) is 0 Å². The molecule has 0 saturated carbocycles. The van der Waals surface area contributed by atoms with Crippen molar-refractivity contribution >= 4 is 0 Å². The van der Waals surface area contributed by atoms with Crippen LogP contribution in [-0.4, -0.2) is 87.7 Å². The summed E-state index contributed by atoms with van der Waals surface area (Å²) >= 11 is 0. The number of likely N-dealkylation sites (tertiary alicyclic amines) is 1. The smallest absolute Gasteiger partial charge is 0.0508 e. The minimum absolute atomic E-state index is 0.266. The highest BCUT2D eigenvalue weighted by Crippen LogP contribution is 2.36. The molecule has 3 heterocycles. The maximum absolute atomic E-state index is 2.81. The van der Waals surface area contributed by atoms with E-state index in [1.54, 1.807) is 0 Å². The Bertz CT molecular complexity index is 425. The van der Waals surface area contributed by atoms with Gasteiger partial charge in [0.2, 0.25) is 0 Å². The normalized spacial score (nSPS) is 37.0. The molecular weight excluding hydrogens is 308 g/mol. The Morgan fingerprint density at radius 3 is 1.44 bits per heavy atom. The summed E-state index contributed by atoms with van der Waals surface area (Å²) in [6.07, 6.45) is 2.78. The maximum Gasteiger partial charge on any atom is 0.0508 e. The van der Waals surface area contributed by atoms with Crippen LogP contribution in [0.1, 0.15) is 68.2 Å². The van der Waals surface area contributed by atoms with Gasteiger partial charge >= 0.3 is 0 Å². The summed E-state index contributed by atoms with van der Waals surface area (Å²) in [5.74, 6) is 0. The molecular formula is C21H42N4. The van der Waals surface area contributed by atoms with Crippen LogP contribution in [0.15, 0.2) is 0 Å². The van der Waals surface area contributed by atoms with E-state index in [9.17, 15) is 0 Å². The Hall–Kier alpha value is -0.160. The van der Waals surface area contributed by atoms with Gasteiger partial charge in [-0.2, -0.15) is 0 Å². The van der Waals surface area contributed by atoms with Crippen molar-refractivity contribution in [3.63, 3.8) is 0 Å². The van der Waals surface area contributed by atoms with E-state index in [1.165, 1.54) is 39.0 Å². The minimum atomic E-state index is 0.266. The lowest BCUT2D eigenvalue weighted by Crippen LogP contribution is -2.65. The minimum Gasteiger partial charge on any atom is -0.291 e. The zero-order chi connectivity index (χ0) is 18.6. The van der Waals surface area contributed by atoms with Crippen LogP contribution in [0.25, 0.3) is 0 Å². The fourth-order valence-corrected chi connectivity index (χ4v) is 6.35. The lowest BCUT2D eigenvalue weighted by Gasteiger charge is -2.53. The van der Waals surface area contributed by atoms with E-state index in [0.29, 0.717) is 17.6 Å². The van der Waals surface area contributed by atoms with Crippen molar-refractivity contribution in [2.45, 2.75) is 103 Å². The van der Waals surface area contributed by atoms with Gasteiger partial charge in [0.05, 0.1) is 6.67 Å². The number of rotatable bonds is 2. The predicted octanol–water partition coefficient (Wildman–Crippen LogP) is 3.08. The van der Waals surface area contributed by atoms with E-state index < -0.39 is 0 Å². The second kappa shape index (κ2) is 6.78. The van der Waals surface area contributed by atoms with Gasteiger partial charge in [-0.15, -0.1) is 0 Å². The van der Waals surface area contributed by atoms with Crippen LogP contribution in [0.3, 0.4) is 0 Å². The van der Waals surface area contributed by atoms with Crippen LogP contribution in [0.2, 0.25) is 0 Å². The van der Waals surface area contributed by atoms with Crippen molar-refractivity contribution in [3.05, 3.63) is 0 Å². The first-order valence-corrected chi connectivity index (χ1v) is 10.5. The third-order valence-electron chi connectivity index (χ3n) is 6.50. The van der Waals surface area contributed by atoms with Gasteiger partial charge in [0.15, 0.2) is 0 Å². The molecule has 4 heteroatoms. The van der Waals surface area contributed by atoms with Gasteiger partial charge in [0.1, 0.15) is 0 Å². The molecule has 3 aliphatic rings. The Balaban J connectivity index is 1.59. The third-order valence-corrected chi connectivity index (χ3v) is 6.50. The van der Waals surface area contributed by atoms with Crippen molar-refractivity contribution in [3.8, 4) is 0 Å². The molecule has 0 amide bonds. The highest BCUT2D eigenvalue weighted by atomic mass is 15.4. The zero-order valence-corrected chi connectivity index (χ0v) is 18.0. The van der Waals surface area contributed by atoms with Gasteiger partial charge in [0.25, 0.3) is 0 Å². The lowest BCUT2D eigenvalue weighted by molar-refractivity contribution is -0.0582. The van der Waals surface area contributed by atoms with Crippen LogP contribution >= 0.6 is 0 Å². The fourth-order valence-electron chi connectivity index (χ4n) is 6.35. The van der Waals surface area contributed by atoms with E-state index >= 15 is 0 Å². The SMILES string of the molecule is CC1CN(CN2CC3CCC(C2)N3C(C)(C)C)CC(C)N1C(C)(C)C. The molecule has 3 fully saturated rings. The van der Waals surface area contributed by atoms with Crippen LogP contribution < -0.4 is 0 Å². The summed E-state index contributed by atoms with van der Waals surface area (Å²) in [7, 11) is 0. The highest BCUT2D eigenvalue weighted by Gasteiger charge is 2.45. The van der Waals surface area contributed by atoms with Crippen molar-refractivity contribution in [2.24, 2.45) is 0 Å². The molecule has 4 unspecified atom stereocenters. The highest BCUT2D eigenvalue weighted by molar-refractivity contribution is 5.01. The largest absolute Gasteiger partial charge is 0.291 e. The summed E-state index contributed by atoms with van der Waals surface area (Å²) in [6, 6.07) is 2.81. The van der Waals surface area contributed by atoms with Crippen LogP contribution in [-0.2, 0) is 0 Å². The Kier molecular flexibility index (Phi) is 5.31. The van der Waals surface area contributed by atoms with Crippen LogP contribution in [0, 0.1) is 0 Å². The summed E-state index contributed by atoms with van der Waals surface area (Å²) in [4.78, 5) is 11.0. The van der Waals surface area contributed by atoms with E-state index in [-0.39, 0.29) is 5.54 Å². The van der Waals surface area contributed by atoms with Crippen LogP contribution in [0.5, 0.6) is 0 Å². The van der Waals surface area contributed by atoms with Gasteiger partial charge in [-0.3, -0.25) is 19.6 Å². The Labute approximate surface area is 156 Å². The molecule has 2 bridgehead atoms. The molecule has 0 spiro atoms. The molecule has 0 aliphatic carbocycles. The molecule has 146 valence electrons. The third kappa shape index (κ3) is 4.07. The molecule has 0 aromatic heterocycles. The molecule has 0 N–H and O–H groups in total. The quantitative estimate of drug-likeness (QED) is 0.759. The first-order valence-electron chi connectivity index (χ1n) is 10.5. The van der Waals surface area contributed by atoms with Gasteiger partial charge in [-0.05, 0) is 68.2 Å². The van der Waals surface area contributed by atoms with Gasteiger partial charge < -0.3 is 0 Å². The van der Waals surface area contributed by atoms with E-state index in [4.69, 9.17) is 0 Å². The summed E-state index contributed by atoms with van der Waals surface area (Å²) in [6.45, 7) is 25.2. The van der Waals surface area contributed by atoms with Gasteiger partial charge in [0, 0.05) is 61.4 Å². The number of nitrogens with zero attached hydrogens (tertiary/aromatic N) is 4. The summed E-state index contributed by atoms with van der Waals surface area (Å²) in [5.41, 5.74) is 0.585. The molecule has 4 atom stereocenters. The van der Waals surface area contributed by atoms with Crippen molar-refractivity contribution in [1.82, 2.24) is 19.6 Å². The number of hydrogen-bond donors (Lipinski definition) is 0. The Morgan fingerprint density at radius 1 is 0.640 bits per heavy atom. The first kappa shape index (κ1) is 19.6. The van der Waals surface area contributed by atoms with Crippen molar-refractivity contribution in [1.29, 1.82) is 0 Å². The second-order valence-corrected chi connectivity index (χ2v) is 11.0. The topological polar surface area (TPSA) is 13.0 Å². The zero-order valence-electron chi connectivity index (χ0n) is 18.0. The van der Waals surface area contributed by atoms with E-state index in [0.717, 1.165) is 18.8 Å². The van der Waals surface area contributed by atoms with Crippen molar-refractivity contribution < 1.29 is 0 Å². The fraction of sp³-hybridized carbons (Fsp3) is 1.00. The molecule has 25 heavy (non-hydrogen) atoms. The van der Waals surface area contributed by atoms with E-state index in [1.807, 2.05) is 0 Å². The molecule has 3 aliphatic heterocycles. The van der Waals surface area contributed by atoms with Crippen molar-refractivity contribution in [2.75, 3.05) is 32.8 Å². The maximum atomic E-state index is 2.81. The Morgan fingerprint density at radius 2 is 1.04 bits per heavy atom. The van der Waals surface area contributed by atoms with Gasteiger partial charge in [-0.1, -0.05) is 0 Å². The summed E-state index contributed by atoms with van der Waals surface area (Å²) in [5, 5.41) is 0. The first-order chi connectivity index (χ1) is 11.5. The summed E-state index contributed by atoms with van der Waals surface area (Å²) < 4.78 is 0. The molecule has 0 aromatic carbocycles. The molecule has 0 aromatic rings. The van der Waals surface area contributed by atoms with E-state index in [2.05, 4.69) is 75.0 Å². The molecule has 3 rings (SSSR count). The average molecular weight is 351 g/mol. The number of fused-ring (bicyclic) bond motifs is 2. The lowest BCUT2D eigenvalue weighted by atomic mass is 9.97. The second-order valence-electron chi connectivity index (χ2n) is 11.0. The monoisotopic (exact) mass is 350 g/mol. The average Bonchev–Trinajstić information content (AvgIpc) is 2.69. The molecule has 3 saturated heterocycles.